The molecule has 4 nitrogen and oxygen atoms in total. The minimum absolute atomic E-state index is 0.121. The van der Waals surface area contributed by atoms with Crippen LogP contribution < -0.4 is 5.73 Å². The van der Waals surface area contributed by atoms with E-state index in [0.717, 1.165) is 11.1 Å². The van der Waals surface area contributed by atoms with Crippen LogP contribution >= 0.6 is 0 Å². The number of benzene rings is 2. The number of nitrogen functional groups attached to an aromatic ring is 1. The van der Waals surface area contributed by atoms with Gasteiger partial charge in [-0.3, -0.25) is 0 Å². The molecule has 0 bridgehead atoms. The van der Waals surface area contributed by atoms with Crippen LogP contribution in [0, 0.1) is 0 Å². The maximum absolute atomic E-state index is 5.59. The van der Waals surface area contributed by atoms with Crippen molar-refractivity contribution in [1.82, 2.24) is 15.0 Å². The Balaban J connectivity index is 1.56. The van der Waals surface area contributed by atoms with E-state index in [-0.39, 0.29) is 5.41 Å². The first kappa shape index (κ1) is 15.1. The van der Waals surface area contributed by atoms with Gasteiger partial charge in [0.15, 0.2) is 0 Å². The van der Waals surface area contributed by atoms with Gasteiger partial charge in [-0.05, 0) is 35.6 Å². The Bertz CT molecular complexity index is 1060. The van der Waals surface area contributed by atoms with E-state index in [0.29, 0.717) is 5.95 Å². The van der Waals surface area contributed by atoms with E-state index < -0.39 is 0 Å². The van der Waals surface area contributed by atoms with Crippen LogP contribution in [-0.2, 0) is 5.41 Å². The summed E-state index contributed by atoms with van der Waals surface area (Å²) in [6.45, 7) is 0. The number of anilines is 1. The quantitative estimate of drug-likeness (QED) is 0.569. The maximum Gasteiger partial charge on any atom is 0.219 e. The molecule has 3 N–H and O–H groups in total. The molecule has 26 heavy (non-hydrogen) atoms. The van der Waals surface area contributed by atoms with Crippen LogP contribution in [0.1, 0.15) is 30.4 Å². The number of fused-ring (bicyclic) bond motifs is 1. The highest BCUT2D eigenvalue weighted by Crippen LogP contribution is 2.51. The second-order valence-corrected chi connectivity index (χ2v) is 7.09. The van der Waals surface area contributed by atoms with Crippen molar-refractivity contribution >= 4 is 16.9 Å². The average molecular weight is 340 g/mol. The topological polar surface area (TPSA) is 67.6 Å². The lowest BCUT2D eigenvalue weighted by Gasteiger charge is -2.42. The second-order valence-electron chi connectivity index (χ2n) is 7.09. The predicted molar refractivity (Wildman–Crippen MR) is 105 cm³/mol. The molecule has 128 valence electrons. The van der Waals surface area contributed by atoms with Crippen LogP contribution in [0.25, 0.3) is 22.0 Å². The van der Waals surface area contributed by atoms with Gasteiger partial charge in [-0.25, -0.2) is 9.97 Å². The van der Waals surface area contributed by atoms with Gasteiger partial charge in [0.1, 0.15) is 0 Å². The molecule has 2 aromatic carbocycles. The van der Waals surface area contributed by atoms with Crippen LogP contribution in [0.5, 0.6) is 0 Å². The van der Waals surface area contributed by atoms with Crippen molar-refractivity contribution in [3.8, 4) is 11.1 Å². The molecule has 1 aliphatic rings. The summed E-state index contributed by atoms with van der Waals surface area (Å²) in [5.41, 5.74) is 11.8. The second kappa shape index (κ2) is 5.70. The van der Waals surface area contributed by atoms with Crippen molar-refractivity contribution in [2.24, 2.45) is 0 Å². The number of nitrogens with two attached hydrogens (primary N) is 1. The lowest BCUT2D eigenvalue weighted by atomic mass is 9.60. The van der Waals surface area contributed by atoms with Gasteiger partial charge < -0.3 is 10.7 Å². The SMILES string of the molecule is Nc1ncc(-c2ccc(C3(c4c[nH]c5ccccc45)CCC3)cc2)cn1. The Labute approximate surface area is 152 Å². The molecule has 2 aromatic heterocycles. The molecule has 4 heteroatoms. The number of para-hydroxylation sites is 1. The molecule has 5 rings (SSSR count). The van der Waals surface area contributed by atoms with Gasteiger partial charge in [-0.1, -0.05) is 48.9 Å². The van der Waals surface area contributed by atoms with Crippen LogP contribution in [0.2, 0.25) is 0 Å². The molecule has 4 aromatic rings. The van der Waals surface area contributed by atoms with E-state index in [1.54, 1.807) is 12.4 Å². The average Bonchev–Trinajstić information content (AvgIpc) is 3.07. The van der Waals surface area contributed by atoms with E-state index in [1.165, 1.54) is 41.3 Å². The summed E-state index contributed by atoms with van der Waals surface area (Å²) in [5.74, 6) is 0.304. The van der Waals surface area contributed by atoms with Crippen LogP contribution in [0.4, 0.5) is 5.95 Å². The molecule has 0 radical (unpaired) electrons. The van der Waals surface area contributed by atoms with Gasteiger partial charge in [0.05, 0.1) is 0 Å². The summed E-state index contributed by atoms with van der Waals surface area (Å²) in [6, 6.07) is 17.4. The third kappa shape index (κ3) is 2.22. The highest BCUT2D eigenvalue weighted by Gasteiger charge is 2.41. The standard InChI is InChI=1S/C22H20N4/c23-21-25-12-16(13-26-21)15-6-8-17(9-7-15)22(10-3-11-22)19-14-24-20-5-2-1-4-18(19)20/h1-2,4-9,12-14,24H,3,10-11H2,(H2,23,25,26). The van der Waals surface area contributed by atoms with Gasteiger partial charge in [0.2, 0.25) is 5.95 Å². The van der Waals surface area contributed by atoms with Gasteiger partial charge in [-0.2, -0.15) is 0 Å². The van der Waals surface area contributed by atoms with Gasteiger partial charge in [-0.15, -0.1) is 0 Å². The van der Waals surface area contributed by atoms with E-state index in [2.05, 4.69) is 69.7 Å². The molecule has 1 fully saturated rings. The third-order valence-electron chi connectivity index (χ3n) is 5.75. The number of hydrogen-bond donors (Lipinski definition) is 2. The molecule has 0 unspecified atom stereocenters. The van der Waals surface area contributed by atoms with Crippen molar-refractivity contribution in [2.75, 3.05) is 5.73 Å². The van der Waals surface area contributed by atoms with Crippen molar-refractivity contribution in [2.45, 2.75) is 24.7 Å². The summed E-state index contributed by atoms with van der Waals surface area (Å²) in [4.78, 5) is 11.6. The maximum atomic E-state index is 5.59. The Hall–Kier alpha value is -3.14. The minimum atomic E-state index is 0.121. The minimum Gasteiger partial charge on any atom is -0.368 e. The summed E-state index contributed by atoms with van der Waals surface area (Å²) in [5, 5.41) is 1.34. The van der Waals surface area contributed by atoms with Gasteiger partial charge in [0, 0.05) is 40.5 Å². The highest BCUT2D eigenvalue weighted by molar-refractivity contribution is 5.85. The highest BCUT2D eigenvalue weighted by atomic mass is 15.0. The fourth-order valence-electron chi connectivity index (χ4n) is 4.18. The first-order valence-corrected chi connectivity index (χ1v) is 9.01. The van der Waals surface area contributed by atoms with E-state index in [1.807, 2.05) is 0 Å². The molecular formula is C22H20N4. The van der Waals surface area contributed by atoms with Crippen LogP contribution in [-0.4, -0.2) is 15.0 Å². The summed E-state index contributed by atoms with van der Waals surface area (Å²) < 4.78 is 0. The third-order valence-corrected chi connectivity index (χ3v) is 5.75. The fraction of sp³-hybridized carbons (Fsp3) is 0.182. The molecular weight excluding hydrogens is 320 g/mol. The summed E-state index contributed by atoms with van der Waals surface area (Å²) in [7, 11) is 0. The Kier molecular flexibility index (Phi) is 3.32. The van der Waals surface area contributed by atoms with Crippen molar-refractivity contribution in [3.63, 3.8) is 0 Å². The Morgan fingerprint density at radius 2 is 1.62 bits per heavy atom. The Morgan fingerprint density at radius 1 is 0.885 bits per heavy atom. The molecule has 1 saturated carbocycles. The number of aromatic nitrogens is 3. The monoisotopic (exact) mass is 340 g/mol. The molecule has 0 atom stereocenters. The molecule has 0 aliphatic heterocycles. The van der Waals surface area contributed by atoms with E-state index >= 15 is 0 Å². The number of hydrogen-bond acceptors (Lipinski definition) is 3. The lowest BCUT2D eigenvalue weighted by molar-refractivity contribution is 0.304. The number of aromatic amines is 1. The Morgan fingerprint density at radius 3 is 2.31 bits per heavy atom. The summed E-state index contributed by atoms with van der Waals surface area (Å²) >= 11 is 0. The van der Waals surface area contributed by atoms with Crippen LogP contribution in [0.3, 0.4) is 0 Å². The van der Waals surface area contributed by atoms with E-state index in [4.69, 9.17) is 5.73 Å². The number of rotatable bonds is 3. The molecule has 0 spiro atoms. The molecule has 1 aliphatic carbocycles. The summed E-state index contributed by atoms with van der Waals surface area (Å²) in [6.07, 6.45) is 9.41. The first-order chi connectivity index (χ1) is 12.8. The first-order valence-electron chi connectivity index (χ1n) is 9.01. The number of H-pyrrole nitrogens is 1. The zero-order valence-electron chi connectivity index (χ0n) is 14.4. The van der Waals surface area contributed by atoms with Gasteiger partial charge >= 0.3 is 0 Å². The smallest absolute Gasteiger partial charge is 0.219 e. The van der Waals surface area contributed by atoms with E-state index in [9.17, 15) is 0 Å². The van der Waals surface area contributed by atoms with Crippen molar-refractivity contribution in [3.05, 3.63) is 78.2 Å². The fourth-order valence-corrected chi connectivity index (χ4v) is 4.18. The normalized spacial score (nSPS) is 15.7. The number of nitrogens with one attached hydrogen (secondary N) is 1. The number of nitrogens with zero attached hydrogens (tertiary/aromatic N) is 2. The molecule has 0 saturated heterocycles. The van der Waals surface area contributed by atoms with Gasteiger partial charge in [0.25, 0.3) is 0 Å². The van der Waals surface area contributed by atoms with Crippen LogP contribution in [0.15, 0.2) is 67.1 Å². The zero-order valence-corrected chi connectivity index (χ0v) is 14.4. The zero-order chi connectivity index (χ0) is 17.6. The molecule has 2 heterocycles. The lowest BCUT2D eigenvalue weighted by Crippen LogP contribution is -2.35. The largest absolute Gasteiger partial charge is 0.368 e. The predicted octanol–water partition coefficient (Wildman–Crippen LogP) is 4.68. The van der Waals surface area contributed by atoms with Crippen molar-refractivity contribution < 1.29 is 0 Å². The van der Waals surface area contributed by atoms with Crippen molar-refractivity contribution in [1.29, 1.82) is 0 Å². The molecule has 0 amide bonds.